The summed E-state index contributed by atoms with van der Waals surface area (Å²) in [5.41, 5.74) is 0.723. The number of hydrogen-bond donors (Lipinski definition) is 2. The highest BCUT2D eigenvalue weighted by Gasteiger charge is 2.07. The van der Waals surface area contributed by atoms with Gasteiger partial charge in [-0.15, -0.1) is 0 Å². The smallest absolute Gasteiger partial charge is 0.272 e. The second kappa shape index (κ2) is 4.83. The number of nitrogens with one attached hydrogen (secondary N) is 2. The van der Waals surface area contributed by atoms with Gasteiger partial charge >= 0.3 is 0 Å². The van der Waals surface area contributed by atoms with Crippen molar-refractivity contribution < 1.29 is 9.18 Å². The summed E-state index contributed by atoms with van der Waals surface area (Å²) in [4.78, 5) is 25.3. The predicted octanol–water partition coefficient (Wildman–Crippen LogP) is 2.07. The molecule has 0 saturated heterocycles. The van der Waals surface area contributed by atoms with Crippen LogP contribution in [-0.4, -0.2) is 10.9 Å². The first-order valence-electron chi connectivity index (χ1n) is 5.33. The van der Waals surface area contributed by atoms with Gasteiger partial charge in [-0.3, -0.25) is 9.59 Å². The Morgan fingerprint density at radius 1 is 1.28 bits per heavy atom. The van der Waals surface area contributed by atoms with Crippen molar-refractivity contribution in [3.63, 3.8) is 0 Å². The van der Waals surface area contributed by atoms with Crippen LogP contribution in [0.1, 0.15) is 16.1 Å². The number of carbonyl (C=O) groups excluding carboxylic acids is 1. The zero-order valence-corrected chi connectivity index (χ0v) is 9.66. The van der Waals surface area contributed by atoms with Gasteiger partial charge in [-0.2, -0.15) is 0 Å². The van der Waals surface area contributed by atoms with Crippen molar-refractivity contribution in [1.82, 2.24) is 4.98 Å². The molecule has 1 aromatic carbocycles. The standard InChI is InChI=1S/C13H11FN2O2/c1-8-7-9(5-6-10(8)14)15-13(18)11-3-2-4-12(17)16-11/h2-7H,1H3,(H,15,18)(H,16,17). The van der Waals surface area contributed by atoms with Crippen LogP contribution in [-0.2, 0) is 0 Å². The molecule has 0 fully saturated rings. The molecule has 18 heavy (non-hydrogen) atoms. The Morgan fingerprint density at radius 2 is 2.06 bits per heavy atom. The van der Waals surface area contributed by atoms with Crippen LogP contribution in [0.2, 0.25) is 0 Å². The van der Waals surface area contributed by atoms with Crippen molar-refractivity contribution in [2.45, 2.75) is 6.92 Å². The van der Waals surface area contributed by atoms with Crippen LogP contribution in [0.25, 0.3) is 0 Å². The van der Waals surface area contributed by atoms with E-state index < -0.39 is 5.91 Å². The molecule has 0 saturated carbocycles. The Kier molecular flexibility index (Phi) is 3.23. The topological polar surface area (TPSA) is 62.0 Å². The van der Waals surface area contributed by atoms with Gasteiger partial charge in [-0.05, 0) is 36.8 Å². The first kappa shape index (κ1) is 12.0. The molecule has 2 aromatic rings. The van der Waals surface area contributed by atoms with Gasteiger partial charge in [0.2, 0.25) is 5.56 Å². The number of pyridine rings is 1. The largest absolute Gasteiger partial charge is 0.321 e. The molecule has 5 heteroatoms. The third-order valence-electron chi connectivity index (χ3n) is 2.43. The number of aromatic nitrogens is 1. The fraction of sp³-hybridized carbons (Fsp3) is 0.0769. The van der Waals surface area contributed by atoms with Crippen LogP contribution in [0.15, 0.2) is 41.2 Å². The third kappa shape index (κ3) is 2.63. The molecule has 92 valence electrons. The Bertz CT molecular complexity index is 649. The molecule has 4 nitrogen and oxygen atoms in total. The summed E-state index contributed by atoms with van der Waals surface area (Å²) in [6.07, 6.45) is 0. The normalized spacial score (nSPS) is 10.1. The van der Waals surface area contributed by atoms with Gasteiger partial charge in [0.1, 0.15) is 11.5 Å². The van der Waals surface area contributed by atoms with Crippen LogP contribution >= 0.6 is 0 Å². The molecule has 1 heterocycles. The number of hydrogen-bond acceptors (Lipinski definition) is 2. The molecule has 0 bridgehead atoms. The molecule has 0 aliphatic rings. The maximum absolute atomic E-state index is 13.1. The number of aryl methyl sites for hydroxylation is 1. The number of halogens is 1. The summed E-state index contributed by atoms with van der Waals surface area (Å²) in [7, 11) is 0. The van der Waals surface area contributed by atoms with E-state index in [2.05, 4.69) is 10.3 Å². The average molecular weight is 246 g/mol. The zero-order chi connectivity index (χ0) is 13.1. The molecule has 0 spiro atoms. The van der Waals surface area contributed by atoms with E-state index in [1.165, 1.54) is 36.4 Å². The minimum atomic E-state index is -0.446. The van der Waals surface area contributed by atoms with Gasteiger partial charge in [-0.1, -0.05) is 6.07 Å². The fourth-order valence-electron chi connectivity index (χ4n) is 1.50. The van der Waals surface area contributed by atoms with Gasteiger partial charge in [-0.25, -0.2) is 4.39 Å². The number of anilines is 1. The summed E-state index contributed by atoms with van der Waals surface area (Å²) in [6, 6.07) is 8.56. The van der Waals surface area contributed by atoms with Crippen LogP contribution in [0, 0.1) is 12.7 Å². The number of benzene rings is 1. The van der Waals surface area contributed by atoms with Crippen LogP contribution in [0.3, 0.4) is 0 Å². The van der Waals surface area contributed by atoms with Gasteiger partial charge in [0.15, 0.2) is 0 Å². The third-order valence-corrected chi connectivity index (χ3v) is 2.43. The minimum absolute atomic E-state index is 0.157. The molecular formula is C13H11FN2O2. The lowest BCUT2D eigenvalue weighted by molar-refractivity contribution is 0.102. The zero-order valence-electron chi connectivity index (χ0n) is 9.66. The number of rotatable bonds is 2. The molecule has 0 atom stereocenters. The summed E-state index contributed by atoms with van der Waals surface area (Å²) < 4.78 is 13.1. The van der Waals surface area contributed by atoms with Gasteiger partial charge in [0, 0.05) is 11.8 Å². The average Bonchev–Trinajstić information content (AvgIpc) is 2.34. The second-order valence-corrected chi connectivity index (χ2v) is 3.85. The lowest BCUT2D eigenvalue weighted by atomic mass is 10.2. The summed E-state index contributed by atoms with van der Waals surface area (Å²) >= 11 is 0. The van der Waals surface area contributed by atoms with E-state index in [9.17, 15) is 14.0 Å². The number of aromatic amines is 1. The second-order valence-electron chi connectivity index (χ2n) is 3.85. The summed E-state index contributed by atoms with van der Waals surface area (Å²) in [6.45, 7) is 1.61. The van der Waals surface area contributed by atoms with Crippen LogP contribution in [0.5, 0.6) is 0 Å². The SMILES string of the molecule is Cc1cc(NC(=O)c2cccc(=O)[nH]2)ccc1F. The monoisotopic (exact) mass is 246 g/mol. The van der Waals surface area contributed by atoms with Crippen molar-refractivity contribution in [3.05, 3.63) is 63.8 Å². The first-order chi connectivity index (χ1) is 8.56. The summed E-state index contributed by atoms with van der Waals surface area (Å²) in [5, 5.41) is 2.58. The van der Waals surface area contributed by atoms with Crippen molar-refractivity contribution in [2.75, 3.05) is 5.32 Å². The Morgan fingerprint density at radius 3 is 2.72 bits per heavy atom. The molecule has 2 rings (SSSR count). The molecule has 0 radical (unpaired) electrons. The van der Waals surface area contributed by atoms with E-state index in [4.69, 9.17) is 0 Å². The maximum atomic E-state index is 13.1. The van der Waals surface area contributed by atoms with E-state index >= 15 is 0 Å². The van der Waals surface area contributed by atoms with Gasteiger partial charge in [0.05, 0.1) is 0 Å². The Balaban J connectivity index is 2.21. The Labute approximate surface area is 102 Å². The lowest BCUT2D eigenvalue weighted by Crippen LogP contribution is -2.17. The highest BCUT2D eigenvalue weighted by molar-refractivity contribution is 6.02. The molecule has 2 N–H and O–H groups in total. The van der Waals surface area contributed by atoms with Crippen LogP contribution < -0.4 is 10.9 Å². The van der Waals surface area contributed by atoms with Crippen molar-refractivity contribution >= 4 is 11.6 Å². The van der Waals surface area contributed by atoms with E-state index in [-0.39, 0.29) is 17.1 Å². The van der Waals surface area contributed by atoms with E-state index in [1.54, 1.807) is 6.92 Å². The molecule has 1 aromatic heterocycles. The lowest BCUT2D eigenvalue weighted by Gasteiger charge is -2.06. The maximum Gasteiger partial charge on any atom is 0.272 e. The quantitative estimate of drug-likeness (QED) is 0.852. The molecule has 1 amide bonds. The van der Waals surface area contributed by atoms with Crippen LogP contribution in [0.4, 0.5) is 10.1 Å². The molecule has 0 aliphatic heterocycles. The number of H-pyrrole nitrogens is 1. The summed E-state index contributed by atoms with van der Waals surface area (Å²) in [5.74, 6) is -0.778. The van der Waals surface area contributed by atoms with Gasteiger partial charge < -0.3 is 10.3 Å². The van der Waals surface area contributed by atoms with Gasteiger partial charge in [0.25, 0.3) is 5.91 Å². The minimum Gasteiger partial charge on any atom is -0.321 e. The van der Waals surface area contributed by atoms with Crippen molar-refractivity contribution in [2.24, 2.45) is 0 Å². The van der Waals surface area contributed by atoms with E-state index in [1.807, 2.05) is 0 Å². The Hall–Kier alpha value is -2.43. The highest BCUT2D eigenvalue weighted by atomic mass is 19.1. The van der Waals surface area contributed by atoms with Crippen molar-refractivity contribution in [1.29, 1.82) is 0 Å². The number of amides is 1. The molecule has 0 unspecified atom stereocenters. The number of carbonyl (C=O) groups is 1. The van der Waals surface area contributed by atoms with Crippen molar-refractivity contribution in [3.8, 4) is 0 Å². The van der Waals surface area contributed by atoms with E-state index in [0.29, 0.717) is 11.3 Å². The van der Waals surface area contributed by atoms with E-state index in [0.717, 1.165) is 0 Å². The molecule has 0 aliphatic carbocycles. The predicted molar refractivity (Wildman–Crippen MR) is 66.2 cm³/mol. The first-order valence-corrected chi connectivity index (χ1v) is 5.33. The highest BCUT2D eigenvalue weighted by Crippen LogP contribution is 2.14. The molecular weight excluding hydrogens is 235 g/mol. The fourth-order valence-corrected chi connectivity index (χ4v) is 1.50.